The summed E-state index contributed by atoms with van der Waals surface area (Å²) in [5.41, 5.74) is 0.704. The number of halogens is 2. The molecule has 0 atom stereocenters. The number of carbonyl (C=O) groups is 1. The van der Waals surface area contributed by atoms with E-state index in [2.05, 4.69) is 10.3 Å². The van der Waals surface area contributed by atoms with E-state index in [1.807, 2.05) is 0 Å². The van der Waals surface area contributed by atoms with Gasteiger partial charge in [-0.15, -0.1) is 0 Å². The average Bonchev–Trinajstić information content (AvgIpc) is 2.34. The van der Waals surface area contributed by atoms with Crippen LogP contribution in [0.4, 0.5) is 5.69 Å². The van der Waals surface area contributed by atoms with Crippen molar-refractivity contribution in [1.82, 2.24) is 4.98 Å². The largest absolute Gasteiger partial charge is 0.364 e. The summed E-state index contributed by atoms with van der Waals surface area (Å²) in [6.45, 7) is 1.73. The molecule has 0 bridgehead atoms. The van der Waals surface area contributed by atoms with Gasteiger partial charge in [0.05, 0.1) is 15.7 Å². The Kier molecular flexibility index (Phi) is 3.93. The van der Waals surface area contributed by atoms with Crippen LogP contribution in [0.3, 0.4) is 0 Å². The van der Waals surface area contributed by atoms with Crippen molar-refractivity contribution in [3.63, 3.8) is 0 Å². The quantitative estimate of drug-likeness (QED) is 0.894. The van der Waals surface area contributed by atoms with Gasteiger partial charge in [-0.2, -0.15) is 0 Å². The molecule has 2 aromatic rings. The van der Waals surface area contributed by atoms with E-state index in [1.54, 1.807) is 25.1 Å². The smallest absolute Gasteiger partial charge is 0.261 e. The van der Waals surface area contributed by atoms with Crippen molar-refractivity contribution in [3.8, 4) is 0 Å². The van der Waals surface area contributed by atoms with Crippen LogP contribution in [0.2, 0.25) is 10.0 Å². The van der Waals surface area contributed by atoms with Crippen molar-refractivity contribution in [2.75, 3.05) is 5.32 Å². The Labute approximate surface area is 119 Å². The highest BCUT2D eigenvalue weighted by Gasteiger charge is 2.13. The van der Waals surface area contributed by atoms with Gasteiger partial charge in [-0.1, -0.05) is 29.3 Å². The van der Waals surface area contributed by atoms with Crippen LogP contribution < -0.4 is 10.7 Å². The van der Waals surface area contributed by atoms with Crippen molar-refractivity contribution in [3.05, 3.63) is 62.0 Å². The van der Waals surface area contributed by atoms with Crippen LogP contribution in [0.5, 0.6) is 0 Å². The molecule has 0 fully saturated rings. The number of aryl methyl sites for hydroxylation is 1. The van der Waals surface area contributed by atoms with Gasteiger partial charge in [0.15, 0.2) is 5.43 Å². The summed E-state index contributed by atoms with van der Waals surface area (Å²) in [6.07, 6.45) is 1.37. The summed E-state index contributed by atoms with van der Waals surface area (Å²) in [6, 6.07) is 6.23. The molecule has 0 aliphatic carbocycles. The number of aromatic nitrogens is 1. The number of anilines is 1. The number of nitrogens with one attached hydrogen (secondary N) is 2. The van der Waals surface area contributed by atoms with Crippen LogP contribution in [0.1, 0.15) is 16.1 Å². The van der Waals surface area contributed by atoms with Crippen molar-refractivity contribution < 1.29 is 4.79 Å². The van der Waals surface area contributed by atoms with E-state index in [1.165, 1.54) is 12.3 Å². The van der Waals surface area contributed by atoms with Crippen molar-refractivity contribution in [2.24, 2.45) is 0 Å². The topological polar surface area (TPSA) is 62.0 Å². The molecule has 0 radical (unpaired) electrons. The number of pyridine rings is 1. The fraction of sp³-hybridized carbons (Fsp3) is 0.0769. The van der Waals surface area contributed by atoms with Crippen LogP contribution in [-0.4, -0.2) is 10.9 Å². The second-order valence-electron chi connectivity index (χ2n) is 3.95. The molecule has 6 heteroatoms. The van der Waals surface area contributed by atoms with Crippen LogP contribution in [0, 0.1) is 6.92 Å². The molecule has 0 saturated heterocycles. The third kappa shape index (κ3) is 2.97. The molecule has 1 amide bonds. The highest BCUT2D eigenvalue weighted by Crippen LogP contribution is 2.29. The molecule has 1 aromatic carbocycles. The molecule has 0 spiro atoms. The van der Waals surface area contributed by atoms with Crippen molar-refractivity contribution in [1.29, 1.82) is 0 Å². The average molecular weight is 297 g/mol. The summed E-state index contributed by atoms with van der Waals surface area (Å²) in [4.78, 5) is 26.5. The molecular weight excluding hydrogens is 287 g/mol. The van der Waals surface area contributed by atoms with Gasteiger partial charge < -0.3 is 10.3 Å². The Balaban J connectivity index is 2.31. The van der Waals surface area contributed by atoms with Crippen molar-refractivity contribution in [2.45, 2.75) is 6.92 Å². The summed E-state index contributed by atoms with van der Waals surface area (Å²) >= 11 is 11.8. The number of aromatic amines is 1. The lowest BCUT2D eigenvalue weighted by Crippen LogP contribution is -2.21. The number of carbonyl (C=O) groups excluding carboxylic acids is 1. The fourth-order valence-electron chi connectivity index (χ4n) is 1.54. The monoisotopic (exact) mass is 296 g/mol. The summed E-state index contributed by atoms with van der Waals surface area (Å²) < 4.78 is 0. The number of rotatable bonds is 2. The third-order valence-electron chi connectivity index (χ3n) is 2.50. The lowest BCUT2D eigenvalue weighted by Gasteiger charge is -2.07. The SMILES string of the molecule is Cc1cc(=O)c(C(=O)Nc2cccc(Cl)c2Cl)c[nH]1. The van der Waals surface area contributed by atoms with Crippen LogP contribution in [0.25, 0.3) is 0 Å². The van der Waals surface area contributed by atoms with Gasteiger partial charge in [0.2, 0.25) is 0 Å². The molecule has 0 saturated carbocycles. The molecular formula is C13H10Cl2N2O2. The van der Waals surface area contributed by atoms with Gasteiger partial charge in [0.1, 0.15) is 5.56 Å². The molecule has 4 nitrogen and oxygen atoms in total. The van der Waals surface area contributed by atoms with Gasteiger partial charge in [-0.05, 0) is 19.1 Å². The zero-order valence-corrected chi connectivity index (χ0v) is 11.5. The number of amides is 1. The molecule has 2 N–H and O–H groups in total. The first-order valence-electron chi connectivity index (χ1n) is 5.43. The number of H-pyrrole nitrogens is 1. The van der Waals surface area contributed by atoms with Crippen LogP contribution in [0.15, 0.2) is 35.3 Å². The van der Waals surface area contributed by atoms with E-state index in [4.69, 9.17) is 23.2 Å². The minimum Gasteiger partial charge on any atom is -0.364 e. The standard InChI is InChI=1S/C13H10Cl2N2O2/c1-7-5-11(18)8(6-16-7)13(19)17-10-4-2-3-9(14)12(10)15/h2-6H,1H3,(H,16,18)(H,17,19). The van der Waals surface area contributed by atoms with Gasteiger partial charge in [0, 0.05) is 18.0 Å². The highest BCUT2D eigenvalue weighted by molar-refractivity contribution is 6.44. The normalized spacial score (nSPS) is 10.3. The van der Waals surface area contributed by atoms with Crippen molar-refractivity contribution >= 4 is 34.8 Å². The highest BCUT2D eigenvalue weighted by atomic mass is 35.5. The Morgan fingerprint density at radius 1 is 1.32 bits per heavy atom. The summed E-state index contributed by atoms with van der Waals surface area (Å²) in [7, 11) is 0. The van der Waals surface area contributed by atoms with E-state index in [9.17, 15) is 9.59 Å². The number of hydrogen-bond donors (Lipinski definition) is 2. The number of hydrogen-bond acceptors (Lipinski definition) is 2. The number of benzene rings is 1. The molecule has 2 rings (SSSR count). The van der Waals surface area contributed by atoms with Gasteiger partial charge in [-0.3, -0.25) is 9.59 Å². The second kappa shape index (κ2) is 5.47. The van der Waals surface area contributed by atoms with Gasteiger partial charge >= 0.3 is 0 Å². The molecule has 0 aliphatic heterocycles. The molecule has 1 heterocycles. The van der Waals surface area contributed by atoms with Gasteiger partial charge in [0.25, 0.3) is 5.91 Å². The van der Waals surface area contributed by atoms with E-state index in [0.717, 1.165) is 0 Å². The Hall–Kier alpha value is -1.78. The minimum absolute atomic E-state index is 0.0154. The molecule has 1 aromatic heterocycles. The van der Waals surface area contributed by atoms with Crippen LogP contribution >= 0.6 is 23.2 Å². The molecule has 0 aliphatic rings. The van der Waals surface area contributed by atoms with E-state index < -0.39 is 5.91 Å². The second-order valence-corrected chi connectivity index (χ2v) is 4.73. The minimum atomic E-state index is -0.537. The maximum Gasteiger partial charge on any atom is 0.261 e. The first-order valence-corrected chi connectivity index (χ1v) is 6.19. The predicted molar refractivity (Wildman–Crippen MR) is 76.2 cm³/mol. The van der Waals surface area contributed by atoms with Gasteiger partial charge in [-0.25, -0.2) is 0 Å². The Bertz CT molecular complexity index is 695. The maximum atomic E-state index is 12.0. The Morgan fingerprint density at radius 3 is 2.74 bits per heavy atom. The zero-order valence-electron chi connectivity index (χ0n) is 9.96. The lowest BCUT2D eigenvalue weighted by molar-refractivity contribution is 0.102. The van der Waals surface area contributed by atoms with E-state index in [-0.39, 0.29) is 16.0 Å². The molecule has 0 unspecified atom stereocenters. The first kappa shape index (κ1) is 13.6. The van der Waals surface area contributed by atoms with E-state index >= 15 is 0 Å². The predicted octanol–water partition coefficient (Wildman–Crippen LogP) is 3.24. The van der Waals surface area contributed by atoms with Crippen LogP contribution in [-0.2, 0) is 0 Å². The fourth-order valence-corrected chi connectivity index (χ4v) is 1.89. The molecule has 98 valence electrons. The Morgan fingerprint density at radius 2 is 2.05 bits per heavy atom. The van der Waals surface area contributed by atoms with E-state index in [0.29, 0.717) is 16.4 Å². The maximum absolute atomic E-state index is 12.0. The summed E-state index contributed by atoms with van der Waals surface area (Å²) in [5.74, 6) is -0.537. The summed E-state index contributed by atoms with van der Waals surface area (Å²) in [5, 5.41) is 3.12. The zero-order chi connectivity index (χ0) is 14.0. The lowest BCUT2D eigenvalue weighted by atomic mass is 10.2. The first-order chi connectivity index (χ1) is 8.99. The third-order valence-corrected chi connectivity index (χ3v) is 3.32. The molecule has 19 heavy (non-hydrogen) atoms.